The molecule has 1 aliphatic carbocycles. The van der Waals surface area contributed by atoms with Crippen LogP contribution in [0.3, 0.4) is 0 Å². The number of thiol groups is 1. The minimum atomic E-state index is 0.207. The zero-order valence-electron chi connectivity index (χ0n) is 13.6. The largest absolute Gasteiger partial charge is 0.356 e. The van der Waals surface area contributed by atoms with E-state index in [0.29, 0.717) is 6.42 Å². The van der Waals surface area contributed by atoms with Crippen molar-refractivity contribution >= 4 is 30.3 Å². The maximum absolute atomic E-state index is 11.7. The highest BCUT2D eigenvalue weighted by Gasteiger charge is 2.20. The summed E-state index contributed by atoms with van der Waals surface area (Å²) in [6, 6.07) is 0. The van der Waals surface area contributed by atoms with E-state index in [-0.39, 0.29) is 5.91 Å². The molecule has 0 aromatic rings. The average Bonchev–Trinajstić information content (AvgIpc) is 2.48. The zero-order valence-corrected chi connectivity index (χ0v) is 15.4. The maximum atomic E-state index is 11.7. The summed E-state index contributed by atoms with van der Waals surface area (Å²) < 4.78 is 0. The molecule has 0 spiro atoms. The Hall–Kier alpha value is 0.130. The molecule has 21 heavy (non-hydrogen) atoms. The molecule has 2 atom stereocenters. The third-order valence-electron chi connectivity index (χ3n) is 4.08. The molecule has 0 aromatic heterocycles. The Morgan fingerprint density at radius 3 is 2.81 bits per heavy atom. The van der Waals surface area contributed by atoms with Gasteiger partial charge in [0.2, 0.25) is 5.91 Å². The van der Waals surface area contributed by atoms with Crippen molar-refractivity contribution in [3.05, 3.63) is 0 Å². The first kappa shape index (κ1) is 19.2. The minimum absolute atomic E-state index is 0.207. The average molecular weight is 333 g/mol. The van der Waals surface area contributed by atoms with Crippen LogP contribution in [0.4, 0.5) is 0 Å². The van der Waals surface area contributed by atoms with Gasteiger partial charge in [-0.3, -0.25) is 4.79 Å². The zero-order chi connectivity index (χ0) is 15.5. The van der Waals surface area contributed by atoms with E-state index in [1.165, 1.54) is 31.4 Å². The molecule has 5 heteroatoms. The first-order valence-corrected chi connectivity index (χ1v) is 10.0. The number of amides is 1. The van der Waals surface area contributed by atoms with E-state index in [4.69, 9.17) is 0 Å². The first-order chi connectivity index (χ1) is 10.1. The molecule has 0 aliphatic heterocycles. The van der Waals surface area contributed by atoms with Gasteiger partial charge in [0.25, 0.3) is 0 Å². The molecule has 0 saturated heterocycles. The van der Waals surface area contributed by atoms with Crippen LogP contribution in [0.15, 0.2) is 0 Å². The molecule has 0 bridgehead atoms. The summed E-state index contributed by atoms with van der Waals surface area (Å²) >= 11 is 6.38. The number of carbonyl (C=O) groups is 1. The fourth-order valence-corrected chi connectivity index (χ4v) is 4.31. The molecule has 1 N–H and O–H groups in total. The summed E-state index contributed by atoms with van der Waals surface area (Å²) in [5, 5.41) is 3.00. The van der Waals surface area contributed by atoms with Crippen LogP contribution in [0.25, 0.3) is 0 Å². The number of rotatable bonds is 10. The standard InChI is InChI=1S/C16H32N2OS2/c1-18(2)9-4-8-17-16(19)7-10-21-13-15-6-3-5-14(11-15)12-20/h14-15,20H,3-13H2,1-2H3,(H,17,19). The van der Waals surface area contributed by atoms with E-state index in [1.54, 1.807) is 0 Å². The number of nitrogens with one attached hydrogen (secondary N) is 1. The predicted octanol–water partition coefficient (Wildman–Crippen LogP) is 2.91. The number of hydrogen-bond acceptors (Lipinski definition) is 4. The molecule has 1 aliphatic rings. The lowest BCUT2D eigenvalue weighted by atomic mass is 9.83. The lowest BCUT2D eigenvalue weighted by Crippen LogP contribution is -2.27. The van der Waals surface area contributed by atoms with Gasteiger partial charge >= 0.3 is 0 Å². The normalized spacial score (nSPS) is 22.5. The van der Waals surface area contributed by atoms with Gasteiger partial charge in [-0.1, -0.05) is 6.42 Å². The quantitative estimate of drug-likeness (QED) is 0.476. The monoisotopic (exact) mass is 332 g/mol. The first-order valence-electron chi connectivity index (χ1n) is 8.21. The molecule has 0 aromatic carbocycles. The molecule has 1 amide bonds. The molecular weight excluding hydrogens is 300 g/mol. The summed E-state index contributed by atoms with van der Waals surface area (Å²) in [6.07, 6.45) is 7.12. The highest BCUT2D eigenvalue weighted by molar-refractivity contribution is 7.99. The van der Waals surface area contributed by atoms with Crippen LogP contribution in [0.2, 0.25) is 0 Å². The topological polar surface area (TPSA) is 32.3 Å². The second kappa shape index (κ2) is 11.7. The summed E-state index contributed by atoms with van der Waals surface area (Å²) in [5.74, 6) is 5.10. The number of nitrogens with zero attached hydrogens (tertiary/aromatic N) is 1. The van der Waals surface area contributed by atoms with E-state index >= 15 is 0 Å². The van der Waals surface area contributed by atoms with E-state index in [9.17, 15) is 4.79 Å². The Kier molecular flexibility index (Phi) is 10.7. The second-order valence-electron chi connectivity index (χ2n) is 6.41. The van der Waals surface area contributed by atoms with Crippen LogP contribution < -0.4 is 5.32 Å². The lowest BCUT2D eigenvalue weighted by molar-refractivity contribution is -0.120. The minimum Gasteiger partial charge on any atom is -0.356 e. The molecule has 124 valence electrons. The predicted molar refractivity (Wildman–Crippen MR) is 97.4 cm³/mol. The lowest BCUT2D eigenvalue weighted by Gasteiger charge is -2.27. The summed E-state index contributed by atoms with van der Waals surface area (Å²) in [4.78, 5) is 13.8. The fraction of sp³-hybridized carbons (Fsp3) is 0.938. The summed E-state index contributed by atoms with van der Waals surface area (Å²) in [6.45, 7) is 1.83. The number of carbonyl (C=O) groups excluding carboxylic acids is 1. The number of thioether (sulfide) groups is 1. The summed E-state index contributed by atoms with van der Waals surface area (Å²) in [7, 11) is 4.12. The fourth-order valence-electron chi connectivity index (χ4n) is 2.85. The van der Waals surface area contributed by atoms with Gasteiger partial charge in [0.1, 0.15) is 0 Å². The highest BCUT2D eigenvalue weighted by atomic mass is 32.2. The van der Waals surface area contributed by atoms with Crippen molar-refractivity contribution in [1.29, 1.82) is 0 Å². The Morgan fingerprint density at radius 1 is 1.33 bits per heavy atom. The van der Waals surface area contributed by atoms with Gasteiger partial charge in [0.05, 0.1) is 0 Å². The van der Waals surface area contributed by atoms with Crippen molar-refractivity contribution in [2.45, 2.75) is 38.5 Å². The Balaban J connectivity index is 1.96. The van der Waals surface area contributed by atoms with Crippen LogP contribution in [-0.2, 0) is 4.79 Å². The molecule has 1 saturated carbocycles. The van der Waals surface area contributed by atoms with Gasteiger partial charge in [-0.25, -0.2) is 0 Å². The molecule has 1 fully saturated rings. The van der Waals surface area contributed by atoms with E-state index in [0.717, 1.165) is 42.9 Å². The van der Waals surface area contributed by atoms with Gasteiger partial charge in [-0.15, -0.1) is 0 Å². The Bertz CT molecular complexity index is 287. The van der Waals surface area contributed by atoms with E-state index in [2.05, 4.69) is 36.9 Å². The molecule has 2 unspecified atom stereocenters. The maximum Gasteiger partial charge on any atom is 0.220 e. The van der Waals surface area contributed by atoms with Crippen molar-refractivity contribution in [2.75, 3.05) is 44.4 Å². The van der Waals surface area contributed by atoms with E-state index in [1.807, 2.05) is 11.8 Å². The molecule has 0 heterocycles. The SMILES string of the molecule is CN(C)CCCNC(=O)CCSCC1CCCC(CS)C1. The third-order valence-corrected chi connectivity index (χ3v) is 5.80. The van der Waals surface area contributed by atoms with Crippen LogP contribution in [0.5, 0.6) is 0 Å². The van der Waals surface area contributed by atoms with Crippen LogP contribution in [-0.4, -0.2) is 55.3 Å². The summed E-state index contributed by atoms with van der Waals surface area (Å²) in [5.41, 5.74) is 0. The molecule has 0 radical (unpaired) electrons. The van der Waals surface area contributed by atoms with Gasteiger partial charge in [-0.2, -0.15) is 24.4 Å². The number of hydrogen-bond donors (Lipinski definition) is 2. The van der Waals surface area contributed by atoms with Crippen molar-refractivity contribution in [3.8, 4) is 0 Å². The van der Waals surface area contributed by atoms with Crippen molar-refractivity contribution in [1.82, 2.24) is 10.2 Å². The molecular formula is C16H32N2OS2. The molecule has 3 nitrogen and oxygen atoms in total. The van der Waals surface area contributed by atoms with Crippen LogP contribution >= 0.6 is 24.4 Å². The van der Waals surface area contributed by atoms with E-state index < -0.39 is 0 Å². The Labute approximate surface area is 140 Å². The van der Waals surface area contributed by atoms with Crippen molar-refractivity contribution in [2.24, 2.45) is 11.8 Å². The third kappa shape index (κ3) is 9.69. The van der Waals surface area contributed by atoms with Gasteiger partial charge < -0.3 is 10.2 Å². The van der Waals surface area contributed by atoms with Gasteiger partial charge in [0.15, 0.2) is 0 Å². The van der Waals surface area contributed by atoms with Gasteiger partial charge in [-0.05, 0) is 69.7 Å². The van der Waals surface area contributed by atoms with Crippen molar-refractivity contribution in [3.63, 3.8) is 0 Å². The van der Waals surface area contributed by atoms with Gasteiger partial charge in [0, 0.05) is 18.7 Å². The smallest absolute Gasteiger partial charge is 0.220 e. The van der Waals surface area contributed by atoms with Crippen molar-refractivity contribution < 1.29 is 4.79 Å². The Morgan fingerprint density at radius 2 is 2.10 bits per heavy atom. The highest BCUT2D eigenvalue weighted by Crippen LogP contribution is 2.31. The second-order valence-corrected chi connectivity index (χ2v) is 7.93. The van der Waals surface area contributed by atoms with Crippen LogP contribution in [0, 0.1) is 11.8 Å². The van der Waals surface area contributed by atoms with Crippen LogP contribution in [0.1, 0.15) is 38.5 Å². The molecule has 1 rings (SSSR count).